The third-order valence-electron chi connectivity index (χ3n) is 4.27. The largest absolute Gasteiger partial charge is 0.452 e. The van der Waals surface area contributed by atoms with Crippen LogP contribution in [0.3, 0.4) is 0 Å². The fourth-order valence-corrected chi connectivity index (χ4v) is 3.43. The van der Waals surface area contributed by atoms with E-state index in [9.17, 15) is 9.59 Å². The van der Waals surface area contributed by atoms with Gasteiger partial charge in [0.25, 0.3) is 5.91 Å². The lowest BCUT2D eigenvalue weighted by molar-refractivity contribution is -0.119. The summed E-state index contributed by atoms with van der Waals surface area (Å²) in [5.74, 6) is -0.968. The summed E-state index contributed by atoms with van der Waals surface area (Å²) in [4.78, 5) is 25.3. The molecular weight excluding hydrogens is 410 g/mol. The molecule has 8 heteroatoms. The number of benzene rings is 2. The molecule has 0 fully saturated rings. The Balaban J connectivity index is 1.61. The summed E-state index contributed by atoms with van der Waals surface area (Å²) in [7, 11) is 0. The number of anilines is 1. The number of nitrogens with one attached hydrogen (secondary N) is 1. The van der Waals surface area contributed by atoms with Crippen molar-refractivity contribution < 1.29 is 14.3 Å². The molecule has 3 aromatic rings. The van der Waals surface area contributed by atoms with Gasteiger partial charge in [-0.2, -0.15) is 5.10 Å². The molecule has 0 radical (unpaired) electrons. The third kappa shape index (κ3) is 4.81. The molecule has 6 nitrogen and oxygen atoms in total. The fraction of sp³-hybridized carbons (Fsp3) is 0.190. The van der Waals surface area contributed by atoms with Crippen LogP contribution < -0.4 is 5.32 Å². The molecule has 1 amide bonds. The number of aryl methyl sites for hydroxylation is 1. The van der Waals surface area contributed by atoms with Gasteiger partial charge >= 0.3 is 5.97 Å². The minimum atomic E-state index is -0.573. The van der Waals surface area contributed by atoms with Crippen LogP contribution in [-0.4, -0.2) is 34.5 Å². The Labute approximate surface area is 178 Å². The molecule has 0 aliphatic heterocycles. The molecule has 0 aliphatic carbocycles. The number of aromatic nitrogens is 2. The molecule has 0 saturated heterocycles. The van der Waals surface area contributed by atoms with Crippen LogP contribution in [0.1, 0.15) is 21.7 Å². The molecule has 1 heterocycles. The van der Waals surface area contributed by atoms with Gasteiger partial charge in [-0.1, -0.05) is 23.7 Å². The van der Waals surface area contributed by atoms with Crippen LogP contribution in [0.2, 0.25) is 5.02 Å². The zero-order valence-electron chi connectivity index (χ0n) is 16.2. The van der Waals surface area contributed by atoms with Crippen molar-refractivity contribution in [3.8, 4) is 5.69 Å². The number of carbonyl (C=O) groups is 2. The molecule has 1 N–H and O–H groups in total. The molecule has 0 saturated carbocycles. The lowest BCUT2D eigenvalue weighted by Gasteiger charge is -2.10. The summed E-state index contributed by atoms with van der Waals surface area (Å²) in [5.41, 5.74) is 3.37. The first-order chi connectivity index (χ1) is 13.9. The van der Waals surface area contributed by atoms with Crippen LogP contribution in [-0.2, 0) is 9.53 Å². The van der Waals surface area contributed by atoms with E-state index in [4.69, 9.17) is 16.3 Å². The number of hydrogen-bond acceptors (Lipinski definition) is 5. The molecule has 1 aromatic heterocycles. The maximum absolute atomic E-state index is 12.2. The molecule has 150 valence electrons. The highest BCUT2D eigenvalue weighted by Crippen LogP contribution is 2.25. The molecule has 0 atom stereocenters. The quantitative estimate of drug-likeness (QED) is 0.455. The van der Waals surface area contributed by atoms with E-state index >= 15 is 0 Å². The van der Waals surface area contributed by atoms with E-state index < -0.39 is 11.9 Å². The smallest absolute Gasteiger partial charge is 0.338 e. The van der Waals surface area contributed by atoms with Gasteiger partial charge in [-0.3, -0.25) is 4.79 Å². The van der Waals surface area contributed by atoms with Gasteiger partial charge in [0.15, 0.2) is 6.61 Å². The number of rotatable bonds is 6. The molecular formula is C21H20ClN3O3S. The Morgan fingerprint density at radius 2 is 1.83 bits per heavy atom. The Hall–Kier alpha value is -2.77. The van der Waals surface area contributed by atoms with Gasteiger partial charge in [0.2, 0.25) is 0 Å². The van der Waals surface area contributed by atoms with Crippen molar-refractivity contribution in [2.75, 3.05) is 18.2 Å². The first-order valence-electron chi connectivity index (χ1n) is 8.83. The van der Waals surface area contributed by atoms with E-state index in [-0.39, 0.29) is 6.61 Å². The second-order valence-corrected chi connectivity index (χ2v) is 7.49. The van der Waals surface area contributed by atoms with Crippen molar-refractivity contribution in [2.24, 2.45) is 0 Å². The highest BCUT2D eigenvalue weighted by molar-refractivity contribution is 7.98. The first-order valence-corrected chi connectivity index (χ1v) is 10.4. The van der Waals surface area contributed by atoms with Gasteiger partial charge in [0.05, 0.1) is 33.3 Å². The molecule has 0 bridgehead atoms. The molecule has 2 aromatic carbocycles. The average Bonchev–Trinajstić information content (AvgIpc) is 3.00. The number of para-hydroxylation sites is 1. The molecule has 3 rings (SSSR count). The van der Waals surface area contributed by atoms with Crippen molar-refractivity contribution in [3.05, 3.63) is 70.5 Å². The summed E-state index contributed by atoms with van der Waals surface area (Å²) in [5, 5.41) is 7.75. The van der Waals surface area contributed by atoms with Crippen molar-refractivity contribution in [1.82, 2.24) is 9.78 Å². The number of carbonyl (C=O) groups excluding carboxylic acids is 2. The molecule has 0 aliphatic rings. The normalized spacial score (nSPS) is 10.6. The van der Waals surface area contributed by atoms with Crippen molar-refractivity contribution in [3.63, 3.8) is 0 Å². The Kier molecular flexibility index (Phi) is 6.61. The topological polar surface area (TPSA) is 73.2 Å². The van der Waals surface area contributed by atoms with Gasteiger partial charge in [0, 0.05) is 4.90 Å². The van der Waals surface area contributed by atoms with Crippen LogP contribution in [0.25, 0.3) is 5.69 Å². The average molecular weight is 430 g/mol. The monoisotopic (exact) mass is 429 g/mol. The number of ether oxygens (including phenoxy) is 1. The van der Waals surface area contributed by atoms with Gasteiger partial charge in [0.1, 0.15) is 0 Å². The Bertz CT molecular complexity index is 1050. The number of hydrogen-bond donors (Lipinski definition) is 1. The second kappa shape index (κ2) is 9.15. The van der Waals surface area contributed by atoms with E-state index in [1.165, 1.54) is 11.8 Å². The number of halogens is 1. The highest BCUT2D eigenvalue weighted by atomic mass is 35.5. The Morgan fingerprint density at radius 3 is 2.45 bits per heavy atom. The number of nitrogens with zero attached hydrogens (tertiary/aromatic N) is 2. The van der Waals surface area contributed by atoms with E-state index in [1.807, 2.05) is 38.3 Å². The zero-order valence-corrected chi connectivity index (χ0v) is 17.8. The van der Waals surface area contributed by atoms with Gasteiger partial charge in [-0.25, -0.2) is 9.48 Å². The lowest BCUT2D eigenvalue weighted by atomic mass is 10.2. The molecule has 29 heavy (non-hydrogen) atoms. The summed E-state index contributed by atoms with van der Waals surface area (Å²) in [6, 6.07) is 14.2. The number of esters is 1. The minimum absolute atomic E-state index is 0.346. The molecule has 0 unspecified atom stereocenters. The molecule has 0 spiro atoms. The van der Waals surface area contributed by atoms with E-state index in [0.717, 1.165) is 22.0 Å². The van der Waals surface area contributed by atoms with Crippen molar-refractivity contribution in [2.45, 2.75) is 18.7 Å². The van der Waals surface area contributed by atoms with Crippen LogP contribution in [0.5, 0.6) is 0 Å². The van der Waals surface area contributed by atoms with Gasteiger partial charge in [-0.15, -0.1) is 11.8 Å². The van der Waals surface area contributed by atoms with Crippen LogP contribution in [0.15, 0.2) is 53.4 Å². The highest BCUT2D eigenvalue weighted by Gasteiger charge is 2.14. The predicted molar refractivity (Wildman–Crippen MR) is 115 cm³/mol. The predicted octanol–water partition coefficient (Wildman–Crippen LogP) is 4.66. The zero-order chi connectivity index (χ0) is 21.0. The second-order valence-electron chi connectivity index (χ2n) is 6.27. The van der Waals surface area contributed by atoms with Crippen molar-refractivity contribution >= 4 is 40.9 Å². The summed E-state index contributed by atoms with van der Waals surface area (Å²) in [6.45, 7) is 3.34. The van der Waals surface area contributed by atoms with E-state index in [1.54, 1.807) is 35.0 Å². The maximum Gasteiger partial charge on any atom is 0.338 e. The first kappa shape index (κ1) is 21.0. The minimum Gasteiger partial charge on any atom is -0.452 e. The summed E-state index contributed by atoms with van der Waals surface area (Å²) < 4.78 is 6.84. The van der Waals surface area contributed by atoms with Crippen LogP contribution in [0, 0.1) is 13.8 Å². The maximum atomic E-state index is 12.2. The standard InChI is InChI=1S/C21H20ClN3O3S/c1-13-20(22)14(2)25(24-13)16-10-8-15(9-11-16)21(27)28-12-19(26)23-17-6-4-5-7-18(17)29-3/h4-11H,12H2,1-3H3,(H,23,26). The van der Waals surface area contributed by atoms with Gasteiger partial charge < -0.3 is 10.1 Å². The van der Waals surface area contributed by atoms with Gasteiger partial charge in [-0.05, 0) is 56.5 Å². The number of thioether (sulfide) groups is 1. The van der Waals surface area contributed by atoms with E-state index in [0.29, 0.717) is 16.3 Å². The number of amides is 1. The SMILES string of the molecule is CSc1ccccc1NC(=O)COC(=O)c1ccc(-n2nc(C)c(Cl)c2C)cc1. The summed E-state index contributed by atoms with van der Waals surface area (Å²) in [6.07, 6.45) is 1.93. The van der Waals surface area contributed by atoms with Crippen LogP contribution in [0.4, 0.5) is 5.69 Å². The van der Waals surface area contributed by atoms with Crippen molar-refractivity contribution in [1.29, 1.82) is 0 Å². The fourth-order valence-electron chi connectivity index (χ4n) is 2.76. The lowest BCUT2D eigenvalue weighted by Crippen LogP contribution is -2.21. The van der Waals surface area contributed by atoms with E-state index in [2.05, 4.69) is 10.4 Å². The Morgan fingerprint density at radius 1 is 1.14 bits per heavy atom. The summed E-state index contributed by atoms with van der Waals surface area (Å²) >= 11 is 7.70. The van der Waals surface area contributed by atoms with Crippen LogP contribution >= 0.6 is 23.4 Å². The third-order valence-corrected chi connectivity index (χ3v) is 5.61.